The van der Waals surface area contributed by atoms with Crippen LogP contribution in [-0.4, -0.2) is 45.0 Å². The predicted molar refractivity (Wildman–Crippen MR) is 55.0 cm³/mol. The normalized spacial score (nSPS) is 11.6. The molecule has 1 unspecified atom stereocenters. The molecule has 0 bridgehead atoms. The van der Waals surface area contributed by atoms with Gasteiger partial charge in [0.15, 0.2) is 5.12 Å². The highest BCUT2D eigenvalue weighted by Gasteiger charge is 2.22. The van der Waals surface area contributed by atoms with Crippen LogP contribution in [0.3, 0.4) is 0 Å². The summed E-state index contributed by atoms with van der Waals surface area (Å²) in [7, 11) is 0. The Morgan fingerprint density at radius 3 is 2.19 bits per heavy atom. The maximum atomic E-state index is 11.1. The number of hydrogen-bond donors (Lipinski definition) is 3. The molecule has 3 N–H and O–H groups in total. The van der Waals surface area contributed by atoms with Gasteiger partial charge in [0.1, 0.15) is 6.04 Å². The van der Waals surface area contributed by atoms with Crippen molar-refractivity contribution in [1.82, 2.24) is 5.32 Å². The lowest BCUT2D eigenvalue weighted by Crippen LogP contribution is -2.43. The van der Waals surface area contributed by atoms with Crippen molar-refractivity contribution in [3.8, 4) is 0 Å². The monoisotopic (exact) mass is 249 g/mol. The van der Waals surface area contributed by atoms with Crippen molar-refractivity contribution < 1.29 is 29.4 Å². The van der Waals surface area contributed by atoms with Crippen LogP contribution in [0.15, 0.2) is 0 Å². The molecule has 0 aromatic heterocycles. The molecule has 8 heteroatoms. The Bertz CT molecular complexity index is 316. The van der Waals surface area contributed by atoms with Gasteiger partial charge in [-0.2, -0.15) is 0 Å². The first-order valence-corrected chi connectivity index (χ1v) is 5.18. The summed E-state index contributed by atoms with van der Waals surface area (Å²) < 4.78 is 0. The first kappa shape index (κ1) is 14.4. The van der Waals surface area contributed by atoms with Crippen LogP contribution < -0.4 is 5.32 Å². The fraction of sp³-hybridized carbons (Fsp3) is 0.500. The molecule has 0 aliphatic carbocycles. The minimum atomic E-state index is -1.47. The van der Waals surface area contributed by atoms with Crippen LogP contribution in [0.5, 0.6) is 0 Å². The van der Waals surface area contributed by atoms with Crippen molar-refractivity contribution in [2.75, 3.05) is 5.75 Å². The average molecular weight is 249 g/mol. The van der Waals surface area contributed by atoms with Gasteiger partial charge in [-0.05, 0) is 0 Å². The van der Waals surface area contributed by atoms with Crippen LogP contribution in [0.1, 0.15) is 13.3 Å². The summed E-state index contributed by atoms with van der Waals surface area (Å²) in [6, 6.07) is -1.47. The highest BCUT2D eigenvalue weighted by atomic mass is 32.2. The van der Waals surface area contributed by atoms with Crippen molar-refractivity contribution in [2.24, 2.45) is 0 Å². The molecule has 0 heterocycles. The molecule has 0 rings (SSSR count). The molecule has 0 spiro atoms. The third-order valence-electron chi connectivity index (χ3n) is 1.42. The largest absolute Gasteiger partial charge is 0.481 e. The van der Waals surface area contributed by atoms with Crippen LogP contribution in [0, 0.1) is 0 Å². The number of rotatable bonds is 6. The van der Waals surface area contributed by atoms with E-state index in [1.54, 1.807) is 0 Å². The summed E-state index contributed by atoms with van der Waals surface area (Å²) in [6.07, 6.45) is -0.703. The van der Waals surface area contributed by atoms with Gasteiger partial charge in [0.2, 0.25) is 5.91 Å². The second-order valence-electron chi connectivity index (χ2n) is 2.84. The third-order valence-corrected chi connectivity index (χ3v) is 2.23. The van der Waals surface area contributed by atoms with Crippen molar-refractivity contribution in [2.45, 2.75) is 19.4 Å². The Kier molecular flexibility index (Phi) is 6.16. The maximum absolute atomic E-state index is 11.1. The zero-order valence-electron chi connectivity index (χ0n) is 8.43. The maximum Gasteiger partial charge on any atom is 0.326 e. The molecule has 0 saturated carbocycles. The quantitative estimate of drug-likeness (QED) is 0.569. The number of carboxylic acids is 2. The van der Waals surface area contributed by atoms with E-state index in [1.165, 1.54) is 6.92 Å². The van der Waals surface area contributed by atoms with Gasteiger partial charge >= 0.3 is 11.9 Å². The Hall–Kier alpha value is -1.57. The van der Waals surface area contributed by atoms with E-state index in [4.69, 9.17) is 10.2 Å². The Morgan fingerprint density at radius 1 is 1.25 bits per heavy atom. The van der Waals surface area contributed by atoms with Gasteiger partial charge in [-0.25, -0.2) is 4.79 Å². The molecule has 0 aliphatic rings. The molecule has 90 valence electrons. The molecule has 0 fully saturated rings. The molecule has 0 saturated heterocycles. The molecular formula is C8H11NO6S. The summed E-state index contributed by atoms with van der Waals surface area (Å²) in [4.78, 5) is 42.5. The lowest BCUT2D eigenvalue weighted by molar-refractivity contribution is -0.147. The van der Waals surface area contributed by atoms with Gasteiger partial charge in [-0.1, -0.05) is 11.8 Å². The summed E-state index contributed by atoms with van der Waals surface area (Å²) in [5, 5.41) is 18.7. The number of thioether (sulfide) groups is 1. The predicted octanol–water partition coefficient (Wildman–Crippen LogP) is -0.690. The van der Waals surface area contributed by atoms with Crippen molar-refractivity contribution in [3.63, 3.8) is 0 Å². The highest BCUT2D eigenvalue weighted by Crippen LogP contribution is 2.01. The fourth-order valence-electron chi connectivity index (χ4n) is 0.778. The molecule has 1 atom stereocenters. The number of carboxylic acid groups (broad SMARTS) is 2. The summed E-state index contributed by atoms with van der Waals surface area (Å²) in [5.41, 5.74) is 0. The van der Waals surface area contributed by atoms with Gasteiger partial charge in [0.05, 0.1) is 12.2 Å². The van der Waals surface area contributed by atoms with Crippen LogP contribution in [0.2, 0.25) is 0 Å². The van der Waals surface area contributed by atoms with Gasteiger partial charge in [0.25, 0.3) is 0 Å². The first-order valence-electron chi connectivity index (χ1n) is 4.20. The second-order valence-corrected chi connectivity index (χ2v) is 3.99. The van der Waals surface area contributed by atoms with Crippen LogP contribution in [0.4, 0.5) is 0 Å². The number of nitrogens with one attached hydrogen (secondary N) is 1. The zero-order valence-corrected chi connectivity index (χ0v) is 9.24. The Morgan fingerprint density at radius 2 is 1.81 bits per heavy atom. The highest BCUT2D eigenvalue weighted by molar-refractivity contribution is 8.14. The van der Waals surface area contributed by atoms with Gasteiger partial charge < -0.3 is 15.5 Å². The lowest BCUT2D eigenvalue weighted by Gasteiger charge is -2.11. The van der Waals surface area contributed by atoms with Crippen LogP contribution in [0.25, 0.3) is 0 Å². The molecular weight excluding hydrogens is 238 g/mol. The Labute approximate surface area is 95.2 Å². The van der Waals surface area contributed by atoms with E-state index >= 15 is 0 Å². The number of carbonyl (C=O) groups is 4. The van der Waals surface area contributed by atoms with E-state index in [9.17, 15) is 19.2 Å². The second kappa shape index (κ2) is 6.83. The van der Waals surface area contributed by atoms with Crippen molar-refractivity contribution >= 4 is 34.7 Å². The van der Waals surface area contributed by atoms with Crippen LogP contribution >= 0.6 is 11.8 Å². The number of aliphatic carboxylic acids is 2. The molecule has 16 heavy (non-hydrogen) atoms. The topological polar surface area (TPSA) is 121 Å². The number of carbonyl (C=O) groups excluding carboxylic acids is 2. The number of hydrogen-bond acceptors (Lipinski definition) is 5. The van der Waals surface area contributed by atoms with E-state index in [2.05, 4.69) is 0 Å². The van der Waals surface area contributed by atoms with Gasteiger partial charge in [0, 0.05) is 6.92 Å². The van der Waals surface area contributed by atoms with Crippen molar-refractivity contribution in [1.29, 1.82) is 0 Å². The third kappa shape index (κ3) is 6.82. The van der Waals surface area contributed by atoms with E-state index in [1.807, 2.05) is 5.32 Å². The standard InChI is InChI=1S/C8H11NO6S/c1-4(10)16-3-6(11)9-5(8(14)15)2-7(12)13/h5H,2-3H2,1H3,(H,9,11)(H,12,13)(H,14,15). The van der Waals surface area contributed by atoms with Crippen molar-refractivity contribution in [3.05, 3.63) is 0 Å². The van der Waals surface area contributed by atoms with E-state index in [-0.39, 0.29) is 10.9 Å². The molecule has 0 aromatic carbocycles. The smallest absolute Gasteiger partial charge is 0.326 e. The fourth-order valence-corrected chi connectivity index (χ4v) is 1.20. The van der Waals surface area contributed by atoms with E-state index in [0.717, 1.165) is 11.8 Å². The SMILES string of the molecule is CC(=O)SCC(=O)NC(CC(=O)O)C(=O)O. The zero-order chi connectivity index (χ0) is 12.7. The summed E-state index contributed by atoms with van der Waals surface area (Å²) >= 11 is 0.721. The molecule has 0 aromatic rings. The Balaban J connectivity index is 4.18. The molecule has 0 radical (unpaired) electrons. The van der Waals surface area contributed by atoms with E-state index in [0.29, 0.717) is 0 Å². The molecule has 0 aliphatic heterocycles. The average Bonchev–Trinajstić information content (AvgIpc) is 2.12. The van der Waals surface area contributed by atoms with Gasteiger partial charge in [-0.3, -0.25) is 14.4 Å². The van der Waals surface area contributed by atoms with E-state index < -0.39 is 30.3 Å². The van der Waals surface area contributed by atoms with Crippen LogP contribution in [-0.2, 0) is 19.2 Å². The molecule has 7 nitrogen and oxygen atoms in total. The molecule has 1 amide bonds. The first-order chi connectivity index (χ1) is 7.32. The summed E-state index contributed by atoms with van der Waals surface area (Å²) in [5.74, 6) is -3.66. The lowest BCUT2D eigenvalue weighted by atomic mass is 10.2. The van der Waals surface area contributed by atoms with Gasteiger partial charge in [-0.15, -0.1) is 0 Å². The number of amides is 1. The minimum Gasteiger partial charge on any atom is -0.481 e. The summed E-state index contributed by atoms with van der Waals surface area (Å²) in [6.45, 7) is 1.27. The minimum absolute atomic E-state index is 0.223.